The molecule has 0 amide bonds. The maximum Gasteiger partial charge on any atom is 0.235 e. The molecule has 0 unspecified atom stereocenters. The van der Waals surface area contributed by atoms with Crippen molar-refractivity contribution in [2.45, 2.75) is 68.3 Å². The fourth-order valence-electron chi connectivity index (χ4n) is 4.70. The number of hydrogen-bond donors (Lipinski definition) is 8. The number of ether oxygens (including phenoxy) is 5. The van der Waals surface area contributed by atoms with E-state index in [2.05, 4.69) is 0 Å². The lowest BCUT2D eigenvalue weighted by Crippen LogP contribution is -2.61. The van der Waals surface area contributed by atoms with Gasteiger partial charge in [0.05, 0.1) is 12.7 Å². The zero-order valence-corrected chi connectivity index (χ0v) is 21.5. The Hall–Kier alpha value is -3.31. The normalized spacial score (nSPS) is 36.2. The van der Waals surface area contributed by atoms with Crippen molar-refractivity contribution < 1.29 is 69.3 Å². The van der Waals surface area contributed by atoms with Crippen LogP contribution in [0.1, 0.15) is 22.8 Å². The molecule has 3 aliphatic heterocycles. The number of ketones is 1. The van der Waals surface area contributed by atoms with Gasteiger partial charge in [-0.15, -0.1) is 0 Å². The van der Waals surface area contributed by atoms with E-state index in [4.69, 9.17) is 23.7 Å². The molecule has 3 heterocycles. The number of carbonyl (C=O) groups is 1. The van der Waals surface area contributed by atoms with Crippen LogP contribution >= 0.6 is 0 Å². The molecule has 2 saturated heterocycles. The fraction of sp³-hybridized carbons (Fsp3) is 0.444. The van der Waals surface area contributed by atoms with Gasteiger partial charge in [-0.1, -0.05) is 12.1 Å². The standard InChI is InChI=1S/C27H30O14/c1-10-19(30)22(33)24(35)26(38-10)37-9-17-21(32)23(34)25(36)27(41-17)40-15-8-13(29)7-14-18(15)20(31)16(39-14)6-11-2-4-12(28)5-3-11/h2-8,10,17,19,21-30,32-36H,9H2,1H3/b16-6+/t10-,17+,19-,21-,22+,23+,24+,25-,26+,27-/m0/s1. The van der Waals surface area contributed by atoms with E-state index in [1.165, 1.54) is 31.2 Å². The fourth-order valence-corrected chi connectivity index (χ4v) is 4.70. The third-order valence-corrected chi connectivity index (χ3v) is 7.06. The first kappa shape index (κ1) is 29.2. The second kappa shape index (κ2) is 11.5. The van der Waals surface area contributed by atoms with Crippen LogP contribution in [0.5, 0.6) is 23.0 Å². The van der Waals surface area contributed by atoms with Gasteiger partial charge in [0.15, 0.2) is 12.0 Å². The zero-order valence-electron chi connectivity index (χ0n) is 21.5. The molecule has 0 aliphatic carbocycles. The van der Waals surface area contributed by atoms with Crippen molar-refractivity contribution in [2.75, 3.05) is 6.61 Å². The average molecular weight is 579 g/mol. The highest BCUT2D eigenvalue weighted by Gasteiger charge is 2.48. The molecule has 8 N–H and O–H groups in total. The van der Waals surface area contributed by atoms with Crippen molar-refractivity contribution in [3.05, 3.63) is 53.3 Å². The number of Topliss-reactive ketones (excluding diaryl/α,β-unsaturated/α-hetero) is 1. The number of hydrogen-bond acceptors (Lipinski definition) is 14. The Kier molecular flexibility index (Phi) is 8.20. The summed E-state index contributed by atoms with van der Waals surface area (Å²) in [5.41, 5.74) is 0.442. The molecule has 222 valence electrons. The number of fused-ring (bicyclic) bond motifs is 1. The molecule has 0 spiro atoms. The monoisotopic (exact) mass is 578 g/mol. The van der Waals surface area contributed by atoms with E-state index in [0.29, 0.717) is 5.56 Å². The van der Waals surface area contributed by atoms with E-state index < -0.39 is 73.8 Å². The summed E-state index contributed by atoms with van der Waals surface area (Å²) in [6.07, 6.45) is -13.7. The molecule has 0 radical (unpaired) electrons. The number of allylic oxidation sites excluding steroid dienone is 1. The summed E-state index contributed by atoms with van der Waals surface area (Å²) in [4.78, 5) is 13.2. The molecule has 2 fully saturated rings. The van der Waals surface area contributed by atoms with Crippen molar-refractivity contribution in [2.24, 2.45) is 0 Å². The van der Waals surface area contributed by atoms with Gasteiger partial charge in [0.25, 0.3) is 0 Å². The number of aromatic hydroxyl groups is 2. The van der Waals surface area contributed by atoms with Crippen LogP contribution < -0.4 is 9.47 Å². The lowest BCUT2D eigenvalue weighted by molar-refractivity contribution is -0.318. The molecule has 41 heavy (non-hydrogen) atoms. The first-order chi connectivity index (χ1) is 19.4. The van der Waals surface area contributed by atoms with Crippen LogP contribution in [0.3, 0.4) is 0 Å². The van der Waals surface area contributed by atoms with E-state index in [1.54, 1.807) is 12.1 Å². The largest absolute Gasteiger partial charge is 0.508 e. The van der Waals surface area contributed by atoms with E-state index >= 15 is 0 Å². The highest BCUT2D eigenvalue weighted by Crippen LogP contribution is 2.42. The number of rotatable bonds is 6. The van der Waals surface area contributed by atoms with Gasteiger partial charge < -0.3 is 64.5 Å². The highest BCUT2D eigenvalue weighted by atomic mass is 16.7. The molecular weight excluding hydrogens is 548 g/mol. The van der Waals surface area contributed by atoms with Crippen molar-refractivity contribution in [3.63, 3.8) is 0 Å². The minimum atomic E-state index is -1.81. The first-order valence-corrected chi connectivity index (χ1v) is 12.7. The highest BCUT2D eigenvalue weighted by molar-refractivity contribution is 6.16. The van der Waals surface area contributed by atoms with Crippen LogP contribution in [0.2, 0.25) is 0 Å². The number of carbonyl (C=O) groups excluding carboxylic acids is 1. The number of phenols is 2. The molecule has 5 rings (SSSR count). The lowest BCUT2D eigenvalue weighted by atomic mass is 9.98. The summed E-state index contributed by atoms with van der Waals surface area (Å²) < 4.78 is 27.8. The third-order valence-electron chi connectivity index (χ3n) is 7.06. The zero-order chi connectivity index (χ0) is 29.6. The second-order valence-electron chi connectivity index (χ2n) is 10.00. The minimum Gasteiger partial charge on any atom is -0.508 e. The second-order valence-corrected chi connectivity index (χ2v) is 10.00. The summed E-state index contributed by atoms with van der Waals surface area (Å²) in [7, 11) is 0. The smallest absolute Gasteiger partial charge is 0.235 e. The molecule has 2 aromatic rings. The van der Waals surface area contributed by atoms with Crippen LogP contribution in [-0.2, 0) is 14.2 Å². The number of aliphatic hydroxyl groups excluding tert-OH is 6. The summed E-state index contributed by atoms with van der Waals surface area (Å²) in [6.45, 7) is 0.942. The van der Waals surface area contributed by atoms with Crippen LogP contribution in [0.15, 0.2) is 42.2 Å². The predicted octanol–water partition coefficient (Wildman–Crippen LogP) is -1.26. The summed E-state index contributed by atoms with van der Waals surface area (Å²) in [6, 6.07) is 8.23. The van der Waals surface area contributed by atoms with Gasteiger partial charge >= 0.3 is 0 Å². The van der Waals surface area contributed by atoms with Crippen molar-refractivity contribution >= 4 is 11.9 Å². The first-order valence-electron chi connectivity index (χ1n) is 12.7. The molecule has 0 aromatic heterocycles. The summed E-state index contributed by atoms with van der Waals surface area (Å²) in [5, 5.41) is 81.2. The van der Waals surface area contributed by atoms with Crippen molar-refractivity contribution in [3.8, 4) is 23.0 Å². The van der Waals surface area contributed by atoms with Gasteiger partial charge in [0, 0.05) is 12.1 Å². The molecule has 10 atom stereocenters. The van der Waals surface area contributed by atoms with E-state index in [0.717, 1.165) is 6.07 Å². The topological polar surface area (TPSA) is 225 Å². The molecule has 0 saturated carbocycles. The van der Waals surface area contributed by atoms with E-state index in [-0.39, 0.29) is 34.3 Å². The molecule has 2 aromatic carbocycles. The van der Waals surface area contributed by atoms with Gasteiger partial charge in [-0.3, -0.25) is 4.79 Å². The Balaban J connectivity index is 1.33. The maximum atomic E-state index is 13.2. The van der Waals surface area contributed by atoms with Gasteiger partial charge in [-0.05, 0) is 30.7 Å². The third kappa shape index (κ3) is 5.74. The number of aliphatic hydroxyl groups is 6. The van der Waals surface area contributed by atoms with E-state index in [1.807, 2.05) is 0 Å². The molecular formula is C27H30O14. The maximum absolute atomic E-state index is 13.2. The number of benzene rings is 2. The molecule has 0 bridgehead atoms. The Labute approximate surface area is 232 Å². The Morgan fingerprint density at radius 1 is 0.805 bits per heavy atom. The van der Waals surface area contributed by atoms with Gasteiger partial charge in [0.2, 0.25) is 12.1 Å². The van der Waals surface area contributed by atoms with Crippen LogP contribution in [0.25, 0.3) is 6.08 Å². The Morgan fingerprint density at radius 2 is 1.46 bits per heavy atom. The van der Waals surface area contributed by atoms with Crippen LogP contribution in [0.4, 0.5) is 0 Å². The quantitative estimate of drug-likeness (QED) is 0.187. The predicted molar refractivity (Wildman–Crippen MR) is 135 cm³/mol. The van der Waals surface area contributed by atoms with Crippen LogP contribution in [-0.4, -0.2) is 115 Å². The lowest BCUT2D eigenvalue weighted by Gasteiger charge is -2.42. The summed E-state index contributed by atoms with van der Waals surface area (Å²) >= 11 is 0. The Bertz CT molecular complexity index is 1300. The van der Waals surface area contributed by atoms with Gasteiger partial charge in [0.1, 0.15) is 71.3 Å². The van der Waals surface area contributed by atoms with E-state index in [9.17, 15) is 45.6 Å². The average Bonchev–Trinajstić information content (AvgIpc) is 3.25. The SMILES string of the molecule is C[C@@H]1O[C@@H](OC[C@H]2O[C@H](Oc3cc(O)cc4c3C(=O)/C(=C\c3ccc(O)cc3)O4)[C@@H](O)[C@H](O)[C@H]2O)[C@H](O)[C@H](O)[C@H]1O. The van der Waals surface area contributed by atoms with Gasteiger partial charge in [-0.25, -0.2) is 0 Å². The van der Waals surface area contributed by atoms with Crippen molar-refractivity contribution in [1.29, 1.82) is 0 Å². The van der Waals surface area contributed by atoms with Crippen molar-refractivity contribution in [1.82, 2.24) is 0 Å². The summed E-state index contributed by atoms with van der Waals surface area (Å²) in [5.74, 6) is -1.33. The molecule has 14 nitrogen and oxygen atoms in total. The minimum absolute atomic E-state index is 0.0326. The Morgan fingerprint density at radius 3 is 2.17 bits per heavy atom. The van der Waals surface area contributed by atoms with Crippen LogP contribution in [0, 0.1) is 0 Å². The molecule has 14 heteroatoms. The molecule has 3 aliphatic rings. The van der Waals surface area contributed by atoms with Gasteiger partial charge in [-0.2, -0.15) is 0 Å². The number of phenolic OH excluding ortho intramolecular Hbond substituents is 2.